The summed E-state index contributed by atoms with van der Waals surface area (Å²) in [5, 5.41) is 0. The molecule has 0 saturated carbocycles. The summed E-state index contributed by atoms with van der Waals surface area (Å²) in [6.07, 6.45) is 6.36. The molecule has 0 unspecified atom stereocenters. The van der Waals surface area contributed by atoms with Crippen LogP contribution in [0.25, 0.3) is 0 Å². The van der Waals surface area contributed by atoms with E-state index in [9.17, 15) is 8.78 Å². The summed E-state index contributed by atoms with van der Waals surface area (Å²) < 4.78 is 30.3. The van der Waals surface area contributed by atoms with Gasteiger partial charge < -0.3 is 4.74 Å². The molecule has 0 aliphatic heterocycles. The first kappa shape index (κ1) is 10.5. The average molecular weight is 196 g/mol. The molecule has 1 rings (SSSR count). The molecular formula is C11H10F2O. The van der Waals surface area contributed by atoms with Gasteiger partial charge in [-0.1, -0.05) is 0 Å². The zero-order chi connectivity index (χ0) is 10.4. The van der Waals surface area contributed by atoms with Gasteiger partial charge in [0.05, 0.1) is 6.61 Å². The molecule has 1 aromatic rings. The zero-order valence-corrected chi connectivity index (χ0v) is 7.59. The number of terminal acetylenes is 1. The maximum absolute atomic E-state index is 12.7. The van der Waals surface area contributed by atoms with Crippen molar-refractivity contribution in [2.75, 3.05) is 6.61 Å². The monoisotopic (exact) mass is 196 g/mol. The van der Waals surface area contributed by atoms with Gasteiger partial charge in [-0.05, 0) is 18.6 Å². The van der Waals surface area contributed by atoms with Gasteiger partial charge in [-0.2, -0.15) is 0 Å². The summed E-state index contributed by atoms with van der Waals surface area (Å²) in [5.41, 5.74) is 0. The number of hydrogen-bond acceptors (Lipinski definition) is 1. The highest BCUT2D eigenvalue weighted by molar-refractivity contribution is 5.23. The Kier molecular flexibility index (Phi) is 3.93. The van der Waals surface area contributed by atoms with Crippen LogP contribution in [0.2, 0.25) is 0 Å². The van der Waals surface area contributed by atoms with Crippen molar-refractivity contribution in [1.82, 2.24) is 0 Å². The molecule has 1 aromatic carbocycles. The lowest BCUT2D eigenvalue weighted by molar-refractivity contribution is 0.310. The fourth-order valence-electron chi connectivity index (χ4n) is 0.931. The summed E-state index contributed by atoms with van der Waals surface area (Å²) in [5.74, 6) is 1.00. The molecule has 0 saturated heterocycles. The number of rotatable bonds is 4. The van der Waals surface area contributed by atoms with E-state index in [-0.39, 0.29) is 0 Å². The molecule has 0 N–H and O–H groups in total. The minimum Gasteiger partial charge on any atom is -0.493 e. The van der Waals surface area contributed by atoms with Crippen molar-refractivity contribution in [3.8, 4) is 18.1 Å². The SMILES string of the molecule is C#CCCCOc1ccc(F)c(F)c1. The third-order valence-corrected chi connectivity index (χ3v) is 1.63. The van der Waals surface area contributed by atoms with E-state index in [1.54, 1.807) is 0 Å². The second kappa shape index (κ2) is 5.23. The minimum atomic E-state index is -0.903. The normalized spacial score (nSPS) is 9.50. The van der Waals surface area contributed by atoms with Crippen LogP contribution in [0, 0.1) is 24.0 Å². The molecule has 0 fully saturated rings. The van der Waals surface area contributed by atoms with Crippen LogP contribution in [0.3, 0.4) is 0 Å². The molecule has 0 amide bonds. The van der Waals surface area contributed by atoms with E-state index in [4.69, 9.17) is 11.2 Å². The Bertz CT molecular complexity index is 342. The number of halogens is 2. The minimum absolute atomic E-state index is 0.320. The number of ether oxygens (including phenoxy) is 1. The van der Waals surface area contributed by atoms with Gasteiger partial charge >= 0.3 is 0 Å². The van der Waals surface area contributed by atoms with E-state index in [1.165, 1.54) is 6.07 Å². The lowest BCUT2D eigenvalue weighted by atomic mass is 10.3. The van der Waals surface area contributed by atoms with Crippen LogP contribution in [-0.4, -0.2) is 6.61 Å². The molecule has 0 atom stereocenters. The maximum atomic E-state index is 12.7. The van der Waals surface area contributed by atoms with Gasteiger partial charge in [0.25, 0.3) is 0 Å². The average Bonchev–Trinajstić information content (AvgIpc) is 2.18. The van der Waals surface area contributed by atoms with Crippen molar-refractivity contribution in [2.24, 2.45) is 0 Å². The molecule has 0 spiro atoms. The van der Waals surface area contributed by atoms with Crippen molar-refractivity contribution >= 4 is 0 Å². The molecule has 3 heteroatoms. The van der Waals surface area contributed by atoms with Crippen molar-refractivity contribution in [3.63, 3.8) is 0 Å². The van der Waals surface area contributed by atoms with Crippen LogP contribution < -0.4 is 4.74 Å². The molecule has 0 radical (unpaired) electrons. The lowest BCUT2D eigenvalue weighted by Gasteiger charge is -2.04. The number of hydrogen-bond donors (Lipinski definition) is 0. The van der Waals surface area contributed by atoms with Crippen LogP contribution in [0.5, 0.6) is 5.75 Å². The summed E-state index contributed by atoms with van der Waals surface area (Å²) in [7, 11) is 0. The van der Waals surface area contributed by atoms with Gasteiger partial charge in [0.2, 0.25) is 0 Å². The first-order chi connectivity index (χ1) is 6.74. The van der Waals surface area contributed by atoms with E-state index in [1.807, 2.05) is 0 Å². The lowest BCUT2D eigenvalue weighted by Crippen LogP contribution is -1.97. The molecule has 0 aliphatic carbocycles. The molecular weight excluding hydrogens is 186 g/mol. The van der Waals surface area contributed by atoms with Crippen molar-refractivity contribution in [3.05, 3.63) is 29.8 Å². The molecule has 0 heterocycles. The van der Waals surface area contributed by atoms with Crippen LogP contribution >= 0.6 is 0 Å². The van der Waals surface area contributed by atoms with Gasteiger partial charge in [-0.25, -0.2) is 8.78 Å². The molecule has 0 aliphatic rings. The Morgan fingerprint density at radius 3 is 2.71 bits per heavy atom. The van der Waals surface area contributed by atoms with Gasteiger partial charge in [0.1, 0.15) is 5.75 Å². The van der Waals surface area contributed by atoms with Gasteiger partial charge in [-0.3, -0.25) is 0 Å². The Balaban J connectivity index is 2.44. The third-order valence-electron chi connectivity index (χ3n) is 1.63. The van der Waals surface area contributed by atoms with E-state index >= 15 is 0 Å². The fourth-order valence-corrected chi connectivity index (χ4v) is 0.931. The van der Waals surface area contributed by atoms with Crippen molar-refractivity contribution in [1.29, 1.82) is 0 Å². The third kappa shape index (κ3) is 3.06. The Hall–Kier alpha value is -1.56. The highest BCUT2D eigenvalue weighted by atomic mass is 19.2. The molecule has 74 valence electrons. The maximum Gasteiger partial charge on any atom is 0.162 e. The molecule has 14 heavy (non-hydrogen) atoms. The van der Waals surface area contributed by atoms with Gasteiger partial charge in [0.15, 0.2) is 11.6 Å². The van der Waals surface area contributed by atoms with Crippen molar-refractivity contribution in [2.45, 2.75) is 12.8 Å². The van der Waals surface area contributed by atoms with Gasteiger partial charge in [-0.15, -0.1) is 12.3 Å². The largest absolute Gasteiger partial charge is 0.493 e. The quantitative estimate of drug-likeness (QED) is 0.531. The fraction of sp³-hybridized carbons (Fsp3) is 0.273. The van der Waals surface area contributed by atoms with E-state index in [0.717, 1.165) is 12.1 Å². The number of benzene rings is 1. The van der Waals surface area contributed by atoms with Crippen LogP contribution in [0.15, 0.2) is 18.2 Å². The van der Waals surface area contributed by atoms with Crippen LogP contribution in [-0.2, 0) is 0 Å². The van der Waals surface area contributed by atoms with Crippen LogP contribution in [0.1, 0.15) is 12.8 Å². The second-order valence-electron chi connectivity index (χ2n) is 2.73. The molecule has 0 bridgehead atoms. The zero-order valence-electron chi connectivity index (χ0n) is 7.59. The summed E-state index contributed by atoms with van der Waals surface area (Å²) in [6, 6.07) is 3.44. The van der Waals surface area contributed by atoms with E-state index in [2.05, 4.69) is 5.92 Å². The highest BCUT2D eigenvalue weighted by Crippen LogP contribution is 2.15. The van der Waals surface area contributed by atoms with E-state index in [0.29, 0.717) is 25.2 Å². The van der Waals surface area contributed by atoms with Crippen LogP contribution in [0.4, 0.5) is 8.78 Å². The summed E-state index contributed by atoms with van der Waals surface area (Å²) in [6.45, 7) is 0.412. The smallest absolute Gasteiger partial charge is 0.162 e. The molecule has 1 nitrogen and oxygen atoms in total. The molecule has 0 aromatic heterocycles. The number of unbranched alkanes of at least 4 members (excludes halogenated alkanes) is 1. The van der Waals surface area contributed by atoms with Gasteiger partial charge in [0, 0.05) is 12.5 Å². The van der Waals surface area contributed by atoms with Crippen molar-refractivity contribution < 1.29 is 13.5 Å². The highest BCUT2D eigenvalue weighted by Gasteiger charge is 2.02. The second-order valence-corrected chi connectivity index (χ2v) is 2.73. The Morgan fingerprint density at radius 2 is 2.07 bits per heavy atom. The standard InChI is InChI=1S/C11H10F2O/c1-2-3-4-7-14-9-5-6-10(12)11(13)8-9/h1,5-6,8H,3-4,7H2. The topological polar surface area (TPSA) is 9.23 Å². The Morgan fingerprint density at radius 1 is 1.29 bits per heavy atom. The first-order valence-electron chi connectivity index (χ1n) is 4.25. The first-order valence-corrected chi connectivity index (χ1v) is 4.25. The predicted molar refractivity (Wildman–Crippen MR) is 49.9 cm³/mol. The van der Waals surface area contributed by atoms with E-state index < -0.39 is 11.6 Å². The Labute approximate surface area is 81.7 Å². The summed E-state index contributed by atoms with van der Waals surface area (Å²) >= 11 is 0. The summed E-state index contributed by atoms with van der Waals surface area (Å²) in [4.78, 5) is 0. The predicted octanol–water partition coefficient (Wildman–Crippen LogP) is 2.76.